The number of carbonyl (C=O) groups excluding carboxylic acids is 2. The Hall–Kier alpha value is -3.25. The standard InChI is InChI=1S/C24H24N2O3S/c1-15-8-10-17(11-9-15)22(28)25-18-7-5-6-16(12-18)13-19-23(29)26-21(30-19)14-20(27)24(2,3)4/h5-14H,1-4H3,(H,25,28)(H,26,29). The normalized spacial score (nSPS) is 12.8. The van der Waals surface area contributed by atoms with Gasteiger partial charge in [-0.1, -0.05) is 50.6 Å². The predicted molar refractivity (Wildman–Crippen MR) is 122 cm³/mol. The van der Waals surface area contributed by atoms with Crippen LogP contribution in [0.1, 0.15) is 42.3 Å². The molecule has 1 heterocycles. The second-order valence-electron chi connectivity index (χ2n) is 8.13. The molecule has 6 heteroatoms. The zero-order valence-corrected chi connectivity index (χ0v) is 18.2. The summed E-state index contributed by atoms with van der Waals surface area (Å²) in [5, 5.41) is 2.87. The number of H-pyrrole nitrogens is 1. The first-order valence-electron chi connectivity index (χ1n) is 9.57. The molecule has 1 amide bonds. The highest BCUT2D eigenvalue weighted by molar-refractivity contribution is 7.07. The molecular formula is C24H24N2O3S. The average Bonchev–Trinajstić information content (AvgIpc) is 3.00. The fourth-order valence-corrected chi connectivity index (χ4v) is 3.51. The number of carbonyl (C=O) groups is 2. The van der Waals surface area contributed by atoms with E-state index < -0.39 is 5.41 Å². The van der Waals surface area contributed by atoms with Crippen LogP contribution in [0.15, 0.2) is 53.3 Å². The van der Waals surface area contributed by atoms with Gasteiger partial charge in [-0.2, -0.15) is 0 Å². The largest absolute Gasteiger partial charge is 0.322 e. The molecule has 0 atom stereocenters. The van der Waals surface area contributed by atoms with Crippen molar-refractivity contribution in [2.45, 2.75) is 27.7 Å². The van der Waals surface area contributed by atoms with Crippen LogP contribution in [-0.4, -0.2) is 16.7 Å². The van der Waals surface area contributed by atoms with Crippen molar-refractivity contribution in [1.82, 2.24) is 4.98 Å². The van der Waals surface area contributed by atoms with Gasteiger partial charge < -0.3 is 10.3 Å². The third-order valence-corrected chi connectivity index (χ3v) is 5.40. The zero-order valence-electron chi connectivity index (χ0n) is 17.4. The molecule has 0 radical (unpaired) electrons. The summed E-state index contributed by atoms with van der Waals surface area (Å²) in [7, 11) is 0. The number of ketones is 1. The number of benzene rings is 2. The number of nitrogens with one attached hydrogen (secondary N) is 2. The predicted octanol–water partition coefficient (Wildman–Crippen LogP) is 3.22. The topological polar surface area (TPSA) is 79.0 Å². The first-order chi connectivity index (χ1) is 14.1. The van der Waals surface area contributed by atoms with Crippen molar-refractivity contribution in [2.24, 2.45) is 5.41 Å². The molecule has 0 spiro atoms. The highest BCUT2D eigenvalue weighted by Gasteiger charge is 2.18. The number of aromatic amines is 1. The summed E-state index contributed by atoms with van der Waals surface area (Å²) in [6.07, 6.45) is 3.21. The van der Waals surface area contributed by atoms with Crippen LogP contribution in [0, 0.1) is 12.3 Å². The van der Waals surface area contributed by atoms with Gasteiger partial charge in [0.2, 0.25) is 0 Å². The molecular weight excluding hydrogens is 396 g/mol. The Morgan fingerprint density at radius 1 is 1.07 bits per heavy atom. The molecule has 30 heavy (non-hydrogen) atoms. The molecule has 0 saturated carbocycles. The Morgan fingerprint density at radius 3 is 2.43 bits per heavy atom. The summed E-state index contributed by atoms with van der Waals surface area (Å²) in [6.45, 7) is 7.47. The smallest absolute Gasteiger partial charge is 0.266 e. The van der Waals surface area contributed by atoms with Gasteiger partial charge in [-0.15, -0.1) is 11.3 Å². The number of thiazole rings is 1. The van der Waals surface area contributed by atoms with Gasteiger partial charge in [0.25, 0.3) is 11.5 Å². The van der Waals surface area contributed by atoms with E-state index in [9.17, 15) is 14.4 Å². The molecule has 0 aliphatic rings. The third-order valence-electron chi connectivity index (χ3n) is 4.44. The molecule has 5 nitrogen and oxygen atoms in total. The van der Waals surface area contributed by atoms with Crippen LogP contribution < -0.4 is 20.1 Å². The third kappa shape index (κ3) is 5.42. The quantitative estimate of drug-likeness (QED) is 0.680. The maximum Gasteiger partial charge on any atom is 0.266 e. The second-order valence-corrected chi connectivity index (χ2v) is 9.22. The summed E-state index contributed by atoms with van der Waals surface area (Å²) < 4.78 is 1.01. The molecule has 154 valence electrons. The van der Waals surface area contributed by atoms with Crippen molar-refractivity contribution in [3.63, 3.8) is 0 Å². The molecule has 3 aromatic rings. The first kappa shape index (κ1) is 21.5. The van der Waals surface area contributed by atoms with Gasteiger partial charge >= 0.3 is 0 Å². The Balaban J connectivity index is 1.86. The number of aryl methyl sites for hydroxylation is 1. The molecule has 0 fully saturated rings. The molecule has 0 bridgehead atoms. The van der Waals surface area contributed by atoms with Crippen LogP contribution in [0.25, 0.3) is 12.2 Å². The van der Waals surface area contributed by atoms with Crippen LogP contribution >= 0.6 is 11.3 Å². The number of anilines is 1. The number of hydrogen-bond donors (Lipinski definition) is 2. The minimum absolute atomic E-state index is 0.0487. The van der Waals surface area contributed by atoms with Gasteiger partial charge in [-0.05, 0) is 42.8 Å². The Labute approximate surface area is 178 Å². The van der Waals surface area contributed by atoms with Crippen LogP contribution in [0.2, 0.25) is 0 Å². The van der Waals surface area contributed by atoms with Crippen molar-refractivity contribution in [2.75, 3.05) is 5.32 Å². The van der Waals surface area contributed by atoms with Crippen LogP contribution in [0.4, 0.5) is 5.69 Å². The Morgan fingerprint density at radius 2 is 1.77 bits per heavy atom. The minimum atomic E-state index is -0.505. The summed E-state index contributed by atoms with van der Waals surface area (Å²) in [4.78, 5) is 39.6. The molecule has 0 saturated heterocycles. The number of hydrogen-bond acceptors (Lipinski definition) is 4. The highest BCUT2D eigenvalue weighted by atomic mass is 32.1. The second kappa shape index (κ2) is 8.63. The summed E-state index contributed by atoms with van der Waals surface area (Å²) in [5.74, 6) is -0.244. The Bertz CT molecular complexity index is 1260. The van der Waals surface area contributed by atoms with E-state index in [1.165, 1.54) is 17.4 Å². The van der Waals surface area contributed by atoms with Gasteiger partial charge in [0, 0.05) is 22.7 Å². The van der Waals surface area contributed by atoms with Crippen molar-refractivity contribution in [1.29, 1.82) is 0 Å². The molecule has 0 aliphatic carbocycles. The zero-order chi connectivity index (χ0) is 21.9. The lowest BCUT2D eigenvalue weighted by atomic mass is 9.91. The van der Waals surface area contributed by atoms with E-state index in [-0.39, 0.29) is 17.2 Å². The van der Waals surface area contributed by atoms with Crippen molar-refractivity contribution in [3.8, 4) is 0 Å². The molecule has 3 rings (SSSR count). The number of rotatable bonds is 4. The number of aromatic nitrogens is 1. The fraction of sp³-hybridized carbons (Fsp3) is 0.208. The number of Topliss-reactive ketones (excluding diaryl/α,β-unsaturated/α-hetero) is 1. The highest BCUT2D eigenvalue weighted by Crippen LogP contribution is 2.15. The van der Waals surface area contributed by atoms with Gasteiger partial charge in [-0.3, -0.25) is 14.4 Å². The van der Waals surface area contributed by atoms with Gasteiger partial charge in [-0.25, -0.2) is 0 Å². The summed E-state index contributed by atoms with van der Waals surface area (Å²) in [6, 6.07) is 14.6. The van der Waals surface area contributed by atoms with Gasteiger partial charge in [0.15, 0.2) is 5.78 Å². The van der Waals surface area contributed by atoms with Crippen LogP contribution in [0.5, 0.6) is 0 Å². The maximum absolute atomic E-state index is 12.4. The van der Waals surface area contributed by atoms with E-state index in [1.54, 1.807) is 30.3 Å². The monoisotopic (exact) mass is 420 g/mol. The molecule has 2 aromatic carbocycles. The van der Waals surface area contributed by atoms with Crippen LogP contribution in [-0.2, 0) is 4.79 Å². The summed E-state index contributed by atoms with van der Waals surface area (Å²) >= 11 is 1.23. The lowest BCUT2D eigenvalue weighted by Crippen LogP contribution is -2.22. The lowest BCUT2D eigenvalue weighted by molar-refractivity contribution is -0.119. The number of amides is 1. The van der Waals surface area contributed by atoms with E-state index in [0.29, 0.717) is 20.4 Å². The molecule has 1 aromatic heterocycles. The molecule has 2 N–H and O–H groups in total. The minimum Gasteiger partial charge on any atom is -0.322 e. The molecule has 0 aliphatic heterocycles. The van der Waals surface area contributed by atoms with Crippen LogP contribution in [0.3, 0.4) is 0 Å². The average molecular weight is 421 g/mol. The van der Waals surface area contributed by atoms with E-state index in [2.05, 4.69) is 10.3 Å². The Kier molecular flexibility index (Phi) is 6.17. The van der Waals surface area contributed by atoms with Gasteiger partial charge in [0.05, 0.1) is 9.20 Å². The van der Waals surface area contributed by atoms with Crippen molar-refractivity contribution in [3.05, 3.63) is 84.8 Å². The van der Waals surface area contributed by atoms with Gasteiger partial charge in [0.1, 0.15) is 0 Å². The fourth-order valence-electron chi connectivity index (χ4n) is 2.63. The van der Waals surface area contributed by atoms with Crippen molar-refractivity contribution < 1.29 is 9.59 Å². The SMILES string of the molecule is Cc1ccc(C(=O)Nc2cccc(C=c3sc(=CC(=O)C(C)(C)C)[nH]c3=O)c2)cc1. The molecule has 0 unspecified atom stereocenters. The maximum atomic E-state index is 12.4. The van der Waals surface area contributed by atoms with E-state index in [0.717, 1.165) is 11.1 Å². The lowest BCUT2D eigenvalue weighted by Gasteiger charge is -2.12. The van der Waals surface area contributed by atoms with E-state index in [4.69, 9.17) is 0 Å². The van der Waals surface area contributed by atoms with E-state index in [1.807, 2.05) is 52.0 Å². The van der Waals surface area contributed by atoms with E-state index >= 15 is 0 Å². The summed E-state index contributed by atoms with van der Waals surface area (Å²) in [5.41, 5.74) is 2.32. The first-order valence-corrected chi connectivity index (χ1v) is 10.4. The van der Waals surface area contributed by atoms with Crippen molar-refractivity contribution >= 4 is 40.9 Å².